The predicted octanol–water partition coefficient (Wildman–Crippen LogP) is 1.57. The second-order valence-corrected chi connectivity index (χ2v) is 3.22. The van der Waals surface area contributed by atoms with Gasteiger partial charge in [0.25, 0.3) is 0 Å². The molecule has 0 spiro atoms. The van der Waals surface area contributed by atoms with Crippen LogP contribution in [0.1, 0.15) is 5.69 Å². The fourth-order valence-electron chi connectivity index (χ4n) is 1.38. The molecule has 2 aromatic rings. The van der Waals surface area contributed by atoms with Crippen molar-refractivity contribution in [1.82, 2.24) is 5.16 Å². The number of rotatable bonds is 2. The van der Waals surface area contributed by atoms with E-state index in [4.69, 9.17) is 9.73 Å². The minimum atomic E-state index is -0.829. The van der Waals surface area contributed by atoms with Gasteiger partial charge in [-0.05, 0) is 17.1 Å². The summed E-state index contributed by atoms with van der Waals surface area (Å²) in [5.41, 5.74) is 0.394. The van der Waals surface area contributed by atoms with Crippen LogP contribution >= 0.6 is 0 Å². The molecule has 8 heteroatoms. The van der Waals surface area contributed by atoms with E-state index in [1.165, 1.54) is 12.1 Å². The quantitative estimate of drug-likeness (QED) is 0.282. The van der Waals surface area contributed by atoms with Gasteiger partial charge in [-0.25, -0.2) is 4.39 Å². The molecule has 1 heterocycles. The molecule has 0 bridgehead atoms. The third kappa shape index (κ3) is 2.05. The van der Waals surface area contributed by atoms with Crippen LogP contribution in [-0.2, 0) is 6.42 Å². The van der Waals surface area contributed by atoms with Crippen molar-refractivity contribution in [3.8, 4) is 0 Å². The molecule has 0 aliphatic rings. The number of halogens is 1. The average molecular weight is 239 g/mol. The number of oxime groups is 1. The number of nitrogens with zero attached hydrogens (tertiary/aromatic N) is 3. The van der Waals surface area contributed by atoms with E-state index in [2.05, 4.69) is 10.3 Å². The van der Waals surface area contributed by atoms with Gasteiger partial charge < -0.3 is 19.8 Å². The Bertz CT molecular complexity index is 607. The topological polar surface area (TPSA) is 102 Å². The minimum Gasteiger partial charge on any atom is -0.358 e. The Morgan fingerprint density at radius 2 is 2.41 bits per heavy atom. The summed E-state index contributed by atoms with van der Waals surface area (Å²) in [5.74, 6) is -1.16. The first-order valence-electron chi connectivity index (χ1n) is 4.51. The maximum atomic E-state index is 12.8. The van der Waals surface area contributed by atoms with Crippen LogP contribution in [0.4, 0.5) is 4.39 Å². The predicted molar refractivity (Wildman–Crippen MR) is 53.9 cm³/mol. The lowest BCUT2D eigenvalue weighted by Crippen LogP contribution is -2.15. The van der Waals surface area contributed by atoms with E-state index in [-0.39, 0.29) is 17.7 Å². The molecule has 0 amide bonds. The number of hydrogen-bond donors (Lipinski definition) is 1. The first-order valence-corrected chi connectivity index (χ1v) is 4.51. The monoisotopic (exact) mass is 239 g/mol. The van der Waals surface area contributed by atoms with Crippen LogP contribution in [0.3, 0.4) is 0 Å². The molecule has 0 saturated heterocycles. The molecular formula is C9H6FN3O4. The van der Waals surface area contributed by atoms with Gasteiger partial charge in [0.2, 0.25) is 0 Å². The Hall–Kier alpha value is -2.51. The SMILES string of the molecule is O=[N+]([O-])C(Cc1noc2cc(F)ccc12)=NO. The molecule has 0 fully saturated rings. The van der Waals surface area contributed by atoms with Gasteiger partial charge in [-0.1, -0.05) is 5.16 Å². The third-order valence-electron chi connectivity index (χ3n) is 2.16. The maximum absolute atomic E-state index is 12.8. The second-order valence-electron chi connectivity index (χ2n) is 3.22. The lowest BCUT2D eigenvalue weighted by molar-refractivity contribution is -0.355. The van der Waals surface area contributed by atoms with Gasteiger partial charge in [-0.2, -0.15) is 0 Å². The summed E-state index contributed by atoms with van der Waals surface area (Å²) >= 11 is 0. The maximum Gasteiger partial charge on any atom is 0.391 e. The Kier molecular flexibility index (Phi) is 2.69. The van der Waals surface area contributed by atoms with Crippen molar-refractivity contribution in [2.75, 3.05) is 0 Å². The highest BCUT2D eigenvalue weighted by atomic mass is 19.1. The van der Waals surface area contributed by atoms with Crippen molar-refractivity contribution in [3.63, 3.8) is 0 Å². The number of aromatic nitrogens is 1. The summed E-state index contributed by atoms with van der Waals surface area (Å²) in [4.78, 5) is 9.61. The summed E-state index contributed by atoms with van der Waals surface area (Å²) in [5, 5.41) is 25.4. The van der Waals surface area contributed by atoms with Crippen LogP contribution < -0.4 is 0 Å². The molecule has 7 nitrogen and oxygen atoms in total. The van der Waals surface area contributed by atoms with Gasteiger partial charge >= 0.3 is 5.84 Å². The summed E-state index contributed by atoms with van der Waals surface area (Å²) in [7, 11) is 0. The zero-order chi connectivity index (χ0) is 12.4. The molecule has 17 heavy (non-hydrogen) atoms. The van der Waals surface area contributed by atoms with Crippen LogP contribution in [0.2, 0.25) is 0 Å². The van der Waals surface area contributed by atoms with Gasteiger partial charge in [0.05, 0.1) is 0 Å². The second kappa shape index (κ2) is 4.16. The zero-order valence-electron chi connectivity index (χ0n) is 8.33. The highest BCUT2D eigenvalue weighted by Crippen LogP contribution is 2.20. The van der Waals surface area contributed by atoms with Crippen molar-refractivity contribution >= 4 is 16.8 Å². The lowest BCUT2D eigenvalue weighted by atomic mass is 10.1. The fraction of sp³-hybridized carbons (Fsp3) is 0.111. The van der Waals surface area contributed by atoms with Gasteiger partial charge in [0.15, 0.2) is 10.7 Å². The van der Waals surface area contributed by atoms with Crippen LogP contribution in [0.25, 0.3) is 11.0 Å². The minimum absolute atomic E-state index is 0.181. The molecule has 0 aliphatic carbocycles. The number of amidine groups is 1. The molecule has 1 aromatic carbocycles. The van der Waals surface area contributed by atoms with Gasteiger partial charge in [-0.3, -0.25) is 0 Å². The molecule has 0 saturated carbocycles. The van der Waals surface area contributed by atoms with E-state index in [0.717, 1.165) is 6.07 Å². The van der Waals surface area contributed by atoms with Gasteiger partial charge in [0.1, 0.15) is 17.9 Å². The molecule has 0 unspecified atom stereocenters. The van der Waals surface area contributed by atoms with Gasteiger partial charge in [0, 0.05) is 11.5 Å². The average Bonchev–Trinajstić information content (AvgIpc) is 2.67. The fourth-order valence-corrected chi connectivity index (χ4v) is 1.38. The first-order chi connectivity index (χ1) is 8.11. The standard InChI is InChI=1S/C9H6FN3O4/c10-5-1-2-6-7(12-17-8(6)3-5)4-9(11-14)13(15)16/h1-3,14H,4H2. The zero-order valence-corrected chi connectivity index (χ0v) is 8.33. The van der Waals surface area contributed by atoms with Crippen molar-refractivity contribution in [3.05, 3.63) is 39.8 Å². The molecule has 2 rings (SSSR count). The van der Waals surface area contributed by atoms with E-state index < -0.39 is 16.6 Å². The number of nitro groups is 1. The van der Waals surface area contributed by atoms with Crippen molar-refractivity contribution < 1.29 is 19.0 Å². The van der Waals surface area contributed by atoms with Crippen LogP contribution in [0.5, 0.6) is 0 Å². The van der Waals surface area contributed by atoms with Crippen molar-refractivity contribution in [2.45, 2.75) is 6.42 Å². The number of fused-ring (bicyclic) bond motifs is 1. The molecular weight excluding hydrogens is 233 g/mol. The number of hydrogen-bond acceptors (Lipinski definition) is 6. The van der Waals surface area contributed by atoms with E-state index in [0.29, 0.717) is 5.39 Å². The van der Waals surface area contributed by atoms with Crippen LogP contribution in [0, 0.1) is 15.9 Å². The number of benzene rings is 1. The Labute approximate surface area is 93.3 Å². The normalized spacial score (nSPS) is 11.9. The lowest BCUT2D eigenvalue weighted by Gasteiger charge is -1.94. The Morgan fingerprint density at radius 1 is 1.65 bits per heavy atom. The largest absolute Gasteiger partial charge is 0.391 e. The first kappa shape index (κ1) is 11.0. The third-order valence-corrected chi connectivity index (χ3v) is 2.16. The van der Waals surface area contributed by atoms with E-state index >= 15 is 0 Å². The van der Waals surface area contributed by atoms with Crippen LogP contribution in [-0.4, -0.2) is 21.1 Å². The summed E-state index contributed by atoms with van der Waals surface area (Å²) < 4.78 is 17.6. The summed E-state index contributed by atoms with van der Waals surface area (Å²) in [6.07, 6.45) is -0.303. The van der Waals surface area contributed by atoms with E-state index in [1.807, 2.05) is 0 Å². The summed E-state index contributed by atoms with van der Waals surface area (Å²) in [6.45, 7) is 0. The summed E-state index contributed by atoms with van der Waals surface area (Å²) in [6, 6.07) is 3.70. The van der Waals surface area contributed by atoms with Gasteiger partial charge in [-0.15, -0.1) is 0 Å². The van der Waals surface area contributed by atoms with Crippen molar-refractivity contribution in [2.24, 2.45) is 5.16 Å². The molecule has 0 aliphatic heterocycles. The molecule has 1 aromatic heterocycles. The van der Waals surface area contributed by atoms with Crippen LogP contribution in [0.15, 0.2) is 27.9 Å². The molecule has 0 radical (unpaired) electrons. The molecule has 88 valence electrons. The van der Waals surface area contributed by atoms with Crippen molar-refractivity contribution in [1.29, 1.82) is 0 Å². The Morgan fingerprint density at radius 3 is 3.06 bits per heavy atom. The van der Waals surface area contributed by atoms with E-state index in [1.54, 1.807) is 0 Å². The highest BCUT2D eigenvalue weighted by molar-refractivity contribution is 5.85. The highest BCUT2D eigenvalue weighted by Gasteiger charge is 2.19. The Balaban J connectivity index is 2.40. The molecule has 1 N–H and O–H groups in total. The molecule has 0 atom stereocenters. The smallest absolute Gasteiger partial charge is 0.358 e. The van der Waals surface area contributed by atoms with E-state index in [9.17, 15) is 14.5 Å².